The Balaban J connectivity index is 2.00. The quantitative estimate of drug-likeness (QED) is 0.899. The summed E-state index contributed by atoms with van der Waals surface area (Å²) in [5.74, 6) is -0.166. The van der Waals surface area contributed by atoms with E-state index in [0.29, 0.717) is 25.6 Å². The molecule has 1 amide bonds. The summed E-state index contributed by atoms with van der Waals surface area (Å²) in [6.45, 7) is 1.11. The SMILES string of the molecule is NCCN(C(=O)Cc1ccc(F)cc1)C1CCCCC1. The molecular formula is C16H23FN2O. The molecule has 1 fully saturated rings. The maximum absolute atomic E-state index is 12.9. The molecular weight excluding hydrogens is 255 g/mol. The lowest BCUT2D eigenvalue weighted by atomic mass is 9.93. The zero-order valence-corrected chi connectivity index (χ0v) is 11.9. The number of amides is 1. The van der Waals surface area contributed by atoms with Crippen LogP contribution in [0.2, 0.25) is 0 Å². The van der Waals surface area contributed by atoms with Crippen molar-refractivity contribution >= 4 is 5.91 Å². The van der Waals surface area contributed by atoms with Gasteiger partial charge in [-0.15, -0.1) is 0 Å². The van der Waals surface area contributed by atoms with Crippen LogP contribution in [0.25, 0.3) is 0 Å². The van der Waals surface area contributed by atoms with Crippen molar-refractivity contribution in [3.63, 3.8) is 0 Å². The summed E-state index contributed by atoms with van der Waals surface area (Å²) in [5, 5.41) is 0. The smallest absolute Gasteiger partial charge is 0.227 e. The summed E-state index contributed by atoms with van der Waals surface area (Å²) in [4.78, 5) is 14.4. The van der Waals surface area contributed by atoms with Crippen LogP contribution in [-0.2, 0) is 11.2 Å². The van der Waals surface area contributed by atoms with Crippen molar-refractivity contribution in [3.8, 4) is 0 Å². The lowest BCUT2D eigenvalue weighted by molar-refractivity contribution is -0.133. The maximum atomic E-state index is 12.9. The third-order valence-electron chi connectivity index (χ3n) is 3.97. The molecule has 110 valence electrons. The zero-order valence-electron chi connectivity index (χ0n) is 11.9. The van der Waals surface area contributed by atoms with Crippen molar-refractivity contribution in [1.29, 1.82) is 0 Å². The highest BCUT2D eigenvalue weighted by Gasteiger charge is 2.24. The van der Waals surface area contributed by atoms with Crippen molar-refractivity contribution in [2.24, 2.45) is 5.73 Å². The van der Waals surface area contributed by atoms with Crippen LogP contribution in [0.1, 0.15) is 37.7 Å². The van der Waals surface area contributed by atoms with Gasteiger partial charge in [0.25, 0.3) is 0 Å². The first kappa shape index (κ1) is 15.0. The van der Waals surface area contributed by atoms with Gasteiger partial charge in [-0.2, -0.15) is 0 Å². The molecule has 1 aromatic carbocycles. The highest BCUT2D eigenvalue weighted by Crippen LogP contribution is 2.23. The standard InChI is InChI=1S/C16H23FN2O/c17-14-8-6-13(7-9-14)12-16(20)19(11-10-18)15-4-2-1-3-5-15/h6-9,15H,1-5,10-12,18H2. The van der Waals surface area contributed by atoms with Crippen LogP contribution in [0.4, 0.5) is 4.39 Å². The molecule has 2 N–H and O–H groups in total. The van der Waals surface area contributed by atoms with E-state index in [9.17, 15) is 9.18 Å². The number of carbonyl (C=O) groups excluding carboxylic acids is 1. The summed E-state index contributed by atoms with van der Waals surface area (Å²) >= 11 is 0. The van der Waals surface area contributed by atoms with E-state index >= 15 is 0 Å². The summed E-state index contributed by atoms with van der Waals surface area (Å²) in [6, 6.07) is 6.48. The molecule has 20 heavy (non-hydrogen) atoms. The first-order chi connectivity index (χ1) is 9.70. The topological polar surface area (TPSA) is 46.3 Å². The van der Waals surface area contributed by atoms with Crippen LogP contribution in [0.15, 0.2) is 24.3 Å². The third kappa shape index (κ3) is 4.04. The summed E-state index contributed by atoms with van der Waals surface area (Å²) in [5.41, 5.74) is 6.50. The summed E-state index contributed by atoms with van der Waals surface area (Å²) in [7, 11) is 0. The van der Waals surface area contributed by atoms with Crippen molar-refractivity contribution in [2.75, 3.05) is 13.1 Å². The first-order valence-corrected chi connectivity index (χ1v) is 7.44. The Labute approximate surface area is 120 Å². The van der Waals surface area contributed by atoms with E-state index in [1.54, 1.807) is 12.1 Å². The van der Waals surface area contributed by atoms with Gasteiger partial charge in [0.15, 0.2) is 0 Å². The number of hydrogen-bond acceptors (Lipinski definition) is 2. The van der Waals surface area contributed by atoms with Gasteiger partial charge in [-0.25, -0.2) is 4.39 Å². The second kappa shape index (κ2) is 7.39. The number of nitrogens with two attached hydrogens (primary N) is 1. The van der Waals surface area contributed by atoms with Crippen molar-refractivity contribution in [2.45, 2.75) is 44.6 Å². The highest BCUT2D eigenvalue weighted by molar-refractivity contribution is 5.79. The summed E-state index contributed by atoms with van der Waals surface area (Å²) in [6.07, 6.45) is 6.13. The molecule has 3 nitrogen and oxygen atoms in total. The predicted molar refractivity (Wildman–Crippen MR) is 77.7 cm³/mol. The third-order valence-corrected chi connectivity index (χ3v) is 3.97. The monoisotopic (exact) mass is 278 g/mol. The van der Waals surface area contributed by atoms with Gasteiger partial charge in [-0.05, 0) is 30.5 Å². The molecule has 1 saturated carbocycles. The average Bonchev–Trinajstić information content (AvgIpc) is 2.48. The molecule has 1 aliphatic rings. The van der Waals surface area contributed by atoms with Crippen LogP contribution < -0.4 is 5.73 Å². The van der Waals surface area contributed by atoms with Crippen LogP contribution in [0.5, 0.6) is 0 Å². The Kier molecular flexibility index (Phi) is 5.53. The molecule has 1 aromatic rings. The minimum absolute atomic E-state index is 0.106. The van der Waals surface area contributed by atoms with Gasteiger partial charge in [0.05, 0.1) is 6.42 Å². The van der Waals surface area contributed by atoms with E-state index in [0.717, 1.165) is 18.4 Å². The van der Waals surface area contributed by atoms with E-state index in [1.807, 2.05) is 4.90 Å². The van der Waals surface area contributed by atoms with Gasteiger partial charge in [0.1, 0.15) is 5.82 Å². The number of rotatable bonds is 5. The van der Waals surface area contributed by atoms with Gasteiger partial charge in [-0.1, -0.05) is 31.4 Å². The second-order valence-corrected chi connectivity index (χ2v) is 5.47. The molecule has 0 spiro atoms. The Morgan fingerprint density at radius 3 is 2.45 bits per heavy atom. The Bertz CT molecular complexity index is 427. The minimum atomic E-state index is -0.271. The van der Waals surface area contributed by atoms with E-state index in [1.165, 1.54) is 31.4 Å². The number of benzene rings is 1. The second-order valence-electron chi connectivity index (χ2n) is 5.47. The van der Waals surface area contributed by atoms with Crippen LogP contribution in [-0.4, -0.2) is 29.9 Å². The van der Waals surface area contributed by atoms with Crippen LogP contribution >= 0.6 is 0 Å². The summed E-state index contributed by atoms with van der Waals surface area (Å²) < 4.78 is 12.9. The minimum Gasteiger partial charge on any atom is -0.338 e. The van der Waals surface area contributed by atoms with Gasteiger partial charge in [-0.3, -0.25) is 4.79 Å². The van der Waals surface area contributed by atoms with Gasteiger partial charge >= 0.3 is 0 Å². The van der Waals surface area contributed by atoms with Crippen LogP contribution in [0, 0.1) is 5.82 Å². The Hall–Kier alpha value is -1.42. The van der Waals surface area contributed by atoms with Gasteiger partial charge in [0.2, 0.25) is 5.91 Å². The van der Waals surface area contributed by atoms with Crippen LogP contribution in [0.3, 0.4) is 0 Å². The number of hydrogen-bond donors (Lipinski definition) is 1. The molecule has 0 aromatic heterocycles. The van der Waals surface area contributed by atoms with E-state index in [-0.39, 0.29) is 11.7 Å². The molecule has 1 aliphatic carbocycles. The molecule has 2 rings (SSSR count). The lowest BCUT2D eigenvalue weighted by Crippen LogP contribution is -2.44. The van der Waals surface area contributed by atoms with E-state index < -0.39 is 0 Å². The van der Waals surface area contributed by atoms with Gasteiger partial charge in [0, 0.05) is 19.1 Å². The molecule has 0 unspecified atom stereocenters. The maximum Gasteiger partial charge on any atom is 0.227 e. The average molecular weight is 278 g/mol. The largest absolute Gasteiger partial charge is 0.338 e. The van der Waals surface area contributed by atoms with E-state index in [4.69, 9.17) is 5.73 Å². The Morgan fingerprint density at radius 2 is 1.85 bits per heavy atom. The van der Waals surface area contributed by atoms with Crippen molar-refractivity contribution < 1.29 is 9.18 Å². The molecule has 0 aliphatic heterocycles. The molecule has 0 heterocycles. The molecule has 0 atom stereocenters. The zero-order chi connectivity index (χ0) is 14.4. The molecule has 0 radical (unpaired) electrons. The fourth-order valence-corrected chi connectivity index (χ4v) is 2.92. The molecule has 0 bridgehead atoms. The number of carbonyl (C=O) groups is 1. The first-order valence-electron chi connectivity index (χ1n) is 7.44. The normalized spacial score (nSPS) is 16.1. The molecule has 0 saturated heterocycles. The van der Waals surface area contributed by atoms with Crippen molar-refractivity contribution in [3.05, 3.63) is 35.6 Å². The Morgan fingerprint density at radius 1 is 1.20 bits per heavy atom. The number of nitrogens with zero attached hydrogens (tertiary/aromatic N) is 1. The molecule has 4 heteroatoms. The fourth-order valence-electron chi connectivity index (χ4n) is 2.92. The predicted octanol–water partition coefficient (Wildman–Crippen LogP) is 2.49. The van der Waals surface area contributed by atoms with Gasteiger partial charge < -0.3 is 10.6 Å². The van der Waals surface area contributed by atoms with E-state index in [2.05, 4.69) is 0 Å². The van der Waals surface area contributed by atoms with Crippen molar-refractivity contribution in [1.82, 2.24) is 4.90 Å². The fraction of sp³-hybridized carbons (Fsp3) is 0.562. The number of halogens is 1. The highest BCUT2D eigenvalue weighted by atomic mass is 19.1. The lowest BCUT2D eigenvalue weighted by Gasteiger charge is -2.34.